The van der Waals surface area contributed by atoms with Crippen LogP contribution in [-0.4, -0.2) is 25.8 Å². The van der Waals surface area contributed by atoms with Gasteiger partial charge in [0, 0.05) is 13.2 Å². The zero-order chi connectivity index (χ0) is 10.7. The van der Waals surface area contributed by atoms with Gasteiger partial charge in [-0.05, 0) is 56.9 Å². The van der Waals surface area contributed by atoms with E-state index in [2.05, 4.69) is 12.2 Å². The molecule has 0 aromatic carbocycles. The third-order valence-corrected chi connectivity index (χ3v) is 4.16. The average Bonchev–Trinajstić information content (AvgIpc) is 3.10. The predicted octanol–water partition coefficient (Wildman–Crippen LogP) is 2.58. The molecule has 2 fully saturated rings. The van der Waals surface area contributed by atoms with Crippen molar-refractivity contribution in [3.05, 3.63) is 0 Å². The van der Waals surface area contributed by atoms with Gasteiger partial charge in [-0.1, -0.05) is 6.92 Å². The molecular weight excluding hydrogens is 186 g/mol. The van der Waals surface area contributed by atoms with Crippen molar-refractivity contribution in [3.63, 3.8) is 0 Å². The maximum atomic E-state index is 5.39. The van der Waals surface area contributed by atoms with Crippen LogP contribution < -0.4 is 5.32 Å². The number of rotatable bonds is 5. The van der Waals surface area contributed by atoms with Crippen molar-refractivity contribution in [1.82, 2.24) is 5.32 Å². The summed E-state index contributed by atoms with van der Waals surface area (Å²) >= 11 is 0. The van der Waals surface area contributed by atoms with E-state index in [1.54, 1.807) is 0 Å². The molecule has 88 valence electrons. The summed E-state index contributed by atoms with van der Waals surface area (Å²) in [7, 11) is 1.84. The lowest BCUT2D eigenvalue weighted by atomic mass is 9.92. The Morgan fingerprint density at radius 1 is 1.13 bits per heavy atom. The van der Waals surface area contributed by atoms with Crippen molar-refractivity contribution in [3.8, 4) is 0 Å². The summed E-state index contributed by atoms with van der Waals surface area (Å²) < 4.78 is 5.39. The average molecular weight is 211 g/mol. The zero-order valence-electron chi connectivity index (χ0n) is 10.2. The minimum Gasteiger partial charge on any atom is -0.381 e. The smallest absolute Gasteiger partial charge is 0.0572 e. The van der Waals surface area contributed by atoms with Crippen LogP contribution in [-0.2, 0) is 4.74 Å². The maximum Gasteiger partial charge on any atom is 0.0572 e. The minimum absolute atomic E-state index is 0.531. The van der Waals surface area contributed by atoms with Gasteiger partial charge in [-0.3, -0.25) is 0 Å². The van der Waals surface area contributed by atoms with Gasteiger partial charge in [0.05, 0.1) is 6.10 Å². The van der Waals surface area contributed by atoms with Gasteiger partial charge >= 0.3 is 0 Å². The van der Waals surface area contributed by atoms with Crippen LogP contribution in [0.3, 0.4) is 0 Å². The van der Waals surface area contributed by atoms with Crippen LogP contribution in [0.25, 0.3) is 0 Å². The highest BCUT2D eigenvalue weighted by Crippen LogP contribution is 2.36. The Balaban J connectivity index is 1.59. The van der Waals surface area contributed by atoms with E-state index in [1.165, 1.54) is 45.1 Å². The van der Waals surface area contributed by atoms with Crippen LogP contribution in [0.15, 0.2) is 0 Å². The molecule has 0 amide bonds. The molecule has 0 aromatic heterocycles. The number of methoxy groups -OCH3 is 1. The molecule has 1 atom stereocenters. The standard InChI is InChI=1S/C13H25NO/c1-10(11-3-4-11)9-14-12-5-7-13(15-2)8-6-12/h10-14H,3-9H2,1-2H3. The molecule has 2 nitrogen and oxygen atoms in total. The molecule has 2 aliphatic rings. The first kappa shape index (κ1) is 11.4. The summed E-state index contributed by atoms with van der Waals surface area (Å²) in [6.45, 7) is 3.62. The van der Waals surface area contributed by atoms with Gasteiger partial charge in [0.2, 0.25) is 0 Å². The van der Waals surface area contributed by atoms with Crippen molar-refractivity contribution in [1.29, 1.82) is 0 Å². The third-order valence-electron chi connectivity index (χ3n) is 4.16. The Morgan fingerprint density at radius 2 is 1.80 bits per heavy atom. The molecule has 0 spiro atoms. The fourth-order valence-corrected chi connectivity index (χ4v) is 2.69. The van der Waals surface area contributed by atoms with Crippen molar-refractivity contribution < 1.29 is 4.74 Å². The molecule has 0 aliphatic heterocycles. The highest BCUT2D eigenvalue weighted by molar-refractivity contribution is 4.83. The van der Waals surface area contributed by atoms with Crippen molar-refractivity contribution in [2.75, 3.05) is 13.7 Å². The second-order valence-electron chi connectivity index (χ2n) is 5.43. The Kier molecular flexibility index (Phi) is 4.04. The van der Waals surface area contributed by atoms with E-state index in [1.807, 2.05) is 7.11 Å². The van der Waals surface area contributed by atoms with Crippen LogP contribution in [0.1, 0.15) is 45.4 Å². The molecule has 0 bridgehead atoms. The van der Waals surface area contributed by atoms with Crippen LogP contribution >= 0.6 is 0 Å². The quantitative estimate of drug-likeness (QED) is 0.754. The molecule has 2 rings (SSSR count). The zero-order valence-corrected chi connectivity index (χ0v) is 10.2. The van der Waals surface area contributed by atoms with Crippen LogP contribution in [0, 0.1) is 11.8 Å². The predicted molar refractivity (Wildman–Crippen MR) is 62.9 cm³/mol. The molecule has 2 heteroatoms. The number of hydrogen-bond acceptors (Lipinski definition) is 2. The molecule has 0 aromatic rings. The summed E-state index contributed by atoms with van der Waals surface area (Å²) in [5, 5.41) is 3.73. The van der Waals surface area contributed by atoms with Crippen LogP contribution in [0.2, 0.25) is 0 Å². The van der Waals surface area contributed by atoms with Gasteiger partial charge in [0.1, 0.15) is 0 Å². The fraction of sp³-hybridized carbons (Fsp3) is 1.00. The molecule has 2 aliphatic carbocycles. The second-order valence-corrected chi connectivity index (χ2v) is 5.43. The van der Waals surface area contributed by atoms with Gasteiger partial charge in [0.25, 0.3) is 0 Å². The summed E-state index contributed by atoms with van der Waals surface area (Å²) in [5.74, 6) is 1.93. The van der Waals surface area contributed by atoms with Gasteiger partial charge in [-0.25, -0.2) is 0 Å². The van der Waals surface area contributed by atoms with E-state index >= 15 is 0 Å². The summed E-state index contributed by atoms with van der Waals surface area (Å²) in [4.78, 5) is 0. The lowest BCUT2D eigenvalue weighted by Gasteiger charge is -2.29. The highest BCUT2D eigenvalue weighted by Gasteiger charge is 2.28. The summed E-state index contributed by atoms with van der Waals surface area (Å²) in [6.07, 6.45) is 8.56. The van der Waals surface area contributed by atoms with Crippen LogP contribution in [0.5, 0.6) is 0 Å². The maximum absolute atomic E-state index is 5.39. The first-order chi connectivity index (χ1) is 7.29. The van der Waals surface area contributed by atoms with E-state index in [0.29, 0.717) is 6.10 Å². The first-order valence-corrected chi connectivity index (χ1v) is 6.55. The number of ether oxygens (including phenoxy) is 1. The largest absolute Gasteiger partial charge is 0.381 e. The fourth-order valence-electron chi connectivity index (χ4n) is 2.69. The van der Waals surface area contributed by atoms with Crippen LogP contribution in [0.4, 0.5) is 0 Å². The normalized spacial score (nSPS) is 34.0. The van der Waals surface area contributed by atoms with Gasteiger partial charge < -0.3 is 10.1 Å². The Morgan fingerprint density at radius 3 is 2.33 bits per heavy atom. The van der Waals surface area contributed by atoms with Gasteiger partial charge in [-0.15, -0.1) is 0 Å². The number of hydrogen-bond donors (Lipinski definition) is 1. The van der Waals surface area contributed by atoms with Gasteiger partial charge in [0.15, 0.2) is 0 Å². The third kappa shape index (κ3) is 3.46. The Bertz CT molecular complexity index is 183. The lowest BCUT2D eigenvalue weighted by Crippen LogP contribution is -2.37. The van der Waals surface area contributed by atoms with E-state index in [4.69, 9.17) is 4.74 Å². The monoisotopic (exact) mass is 211 g/mol. The van der Waals surface area contributed by atoms with E-state index in [-0.39, 0.29) is 0 Å². The Labute approximate surface area is 93.8 Å². The lowest BCUT2D eigenvalue weighted by molar-refractivity contribution is 0.0621. The summed E-state index contributed by atoms with van der Waals surface area (Å²) in [6, 6.07) is 0.762. The Hall–Kier alpha value is -0.0800. The van der Waals surface area contributed by atoms with E-state index in [0.717, 1.165) is 17.9 Å². The SMILES string of the molecule is COC1CCC(NCC(C)C2CC2)CC1. The molecular formula is C13H25NO. The van der Waals surface area contributed by atoms with Gasteiger partial charge in [-0.2, -0.15) is 0 Å². The highest BCUT2D eigenvalue weighted by atomic mass is 16.5. The van der Waals surface area contributed by atoms with E-state index < -0.39 is 0 Å². The number of nitrogens with one attached hydrogen (secondary N) is 1. The first-order valence-electron chi connectivity index (χ1n) is 6.55. The molecule has 1 N–H and O–H groups in total. The van der Waals surface area contributed by atoms with Crippen molar-refractivity contribution >= 4 is 0 Å². The van der Waals surface area contributed by atoms with Crippen molar-refractivity contribution in [2.24, 2.45) is 11.8 Å². The molecule has 1 unspecified atom stereocenters. The molecule has 0 radical (unpaired) electrons. The molecule has 0 heterocycles. The minimum atomic E-state index is 0.531. The van der Waals surface area contributed by atoms with E-state index in [9.17, 15) is 0 Å². The topological polar surface area (TPSA) is 21.3 Å². The summed E-state index contributed by atoms with van der Waals surface area (Å²) in [5.41, 5.74) is 0. The second kappa shape index (κ2) is 5.31. The molecule has 0 saturated heterocycles. The molecule has 15 heavy (non-hydrogen) atoms. The molecule has 2 saturated carbocycles. The van der Waals surface area contributed by atoms with Crippen molar-refractivity contribution in [2.45, 2.75) is 57.6 Å².